The molecule has 2 aromatic carbocycles. The highest BCUT2D eigenvalue weighted by atomic mass is 16.5. The summed E-state index contributed by atoms with van der Waals surface area (Å²) in [4.78, 5) is 0. The number of ether oxygens (including phenoxy) is 1. The lowest BCUT2D eigenvalue weighted by Gasteiger charge is -2.22. The Labute approximate surface area is 133 Å². The van der Waals surface area contributed by atoms with Crippen LogP contribution in [0.25, 0.3) is 11.1 Å². The van der Waals surface area contributed by atoms with Crippen LogP contribution in [0.3, 0.4) is 0 Å². The van der Waals surface area contributed by atoms with E-state index in [-0.39, 0.29) is 0 Å². The summed E-state index contributed by atoms with van der Waals surface area (Å²) in [5, 5.41) is 0. The average Bonchev–Trinajstić information content (AvgIpc) is 2.55. The normalized spacial score (nSPS) is 14.8. The molecule has 22 heavy (non-hydrogen) atoms. The summed E-state index contributed by atoms with van der Waals surface area (Å²) < 4.78 is 5.80. The topological polar surface area (TPSA) is 9.23 Å². The van der Waals surface area contributed by atoms with E-state index >= 15 is 0 Å². The third-order valence-electron chi connectivity index (χ3n) is 4.23. The Morgan fingerprint density at radius 3 is 1.86 bits per heavy atom. The van der Waals surface area contributed by atoms with Gasteiger partial charge in [0, 0.05) is 11.1 Å². The lowest BCUT2D eigenvalue weighted by atomic mass is 9.88. The minimum absolute atomic E-state index is 1.01. The van der Waals surface area contributed by atoms with E-state index in [1.54, 1.807) is 7.11 Å². The van der Waals surface area contributed by atoms with Gasteiger partial charge in [-0.15, -0.1) is 0 Å². The van der Waals surface area contributed by atoms with Gasteiger partial charge in [-0.05, 0) is 37.8 Å². The van der Waals surface area contributed by atoms with E-state index < -0.39 is 0 Å². The molecule has 0 heterocycles. The molecule has 0 atom stereocenters. The fraction of sp³-hybridized carbons (Fsp3) is 0.238. The van der Waals surface area contributed by atoms with Crippen molar-refractivity contribution in [1.82, 2.24) is 0 Å². The lowest BCUT2D eigenvalue weighted by Crippen LogP contribution is -2.03. The minimum atomic E-state index is 1.01. The molecule has 1 nitrogen and oxygen atoms in total. The van der Waals surface area contributed by atoms with Crippen molar-refractivity contribution in [2.24, 2.45) is 0 Å². The quantitative estimate of drug-likeness (QED) is 0.721. The summed E-state index contributed by atoms with van der Waals surface area (Å²) in [6.07, 6.45) is 4.38. The SMILES string of the molecule is COC1=C(c2ccc(C)cc2)CCC=C1c1ccc(C)cc1. The van der Waals surface area contributed by atoms with Crippen molar-refractivity contribution in [3.05, 3.63) is 82.6 Å². The summed E-state index contributed by atoms with van der Waals surface area (Å²) in [5.41, 5.74) is 7.58. The first-order valence-electron chi connectivity index (χ1n) is 7.81. The van der Waals surface area contributed by atoms with Crippen LogP contribution < -0.4 is 0 Å². The number of benzene rings is 2. The van der Waals surface area contributed by atoms with E-state index in [1.807, 2.05) is 0 Å². The van der Waals surface area contributed by atoms with E-state index in [2.05, 4.69) is 68.5 Å². The summed E-state index contributed by atoms with van der Waals surface area (Å²) in [7, 11) is 1.77. The number of hydrogen-bond acceptors (Lipinski definition) is 1. The van der Waals surface area contributed by atoms with Crippen molar-refractivity contribution in [3.63, 3.8) is 0 Å². The van der Waals surface area contributed by atoms with Crippen LogP contribution in [0.15, 0.2) is 60.4 Å². The van der Waals surface area contributed by atoms with Crippen molar-refractivity contribution in [1.29, 1.82) is 0 Å². The van der Waals surface area contributed by atoms with E-state index in [0.29, 0.717) is 0 Å². The zero-order valence-corrected chi connectivity index (χ0v) is 13.5. The fourth-order valence-corrected chi connectivity index (χ4v) is 2.98. The zero-order valence-electron chi connectivity index (χ0n) is 13.5. The molecule has 0 spiro atoms. The van der Waals surface area contributed by atoms with E-state index in [9.17, 15) is 0 Å². The number of methoxy groups -OCH3 is 1. The molecule has 0 saturated carbocycles. The summed E-state index contributed by atoms with van der Waals surface area (Å²) in [6.45, 7) is 4.23. The molecule has 0 amide bonds. The van der Waals surface area contributed by atoms with Gasteiger partial charge < -0.3 is 4.74 Å². The van der Waals surface area contributed by atoms with Crippen LogP contribution in [0.1, 0.15) is 35.1 Å². The smallest absolute Gasteiger partial charge is 0.130 e. The van der Waals surface area contributed by atoms with Crippen molar-refractivity contribution in [2.45, 2.75) is 26.7 Å². The first-order chi connectivity index (χ1) is 10.7. The summed E-state index contributed by atoms with van der Waals surface area (Å²) in [5.74, 6) is 1.01. The van der Waals surface area contributed by atoms with Gasteiger partial charge >= 0.3 is 0 Å². The predicted molar refractivity (Wildman–Crippen MR) is 93.5 cm³/mol. The maximum absolute atomic E-state index is 5.80. The maximum atomic E-state index is 5.80. The van der Waals surface area contributed by atoms with Gasteiger partial charge in [-0.25, -0.2) is 0 Å². The van der Waals surface area contributed by atoms with Crippen molar-refractivity contribution in [3.8, 4) is 0 Å². The molecule has 0 aliphatic heterocycles. The molecule has 0 unspecified atom stereocenters. The third-order valence-corrected chi connectivity index (χ3v) is 4.23. The largest absolute Gasteiger partial charge is 0.496 e. The standard InChI is InChI=1S/C21H22O/c1-15-7-11-17(12-8-15)19-5-4-6-20(21(19)22-3)18-13-9-16(2)10-14-18/h5,7-14H,4,6H2,1-3H3. The zero-order chi connectivity index (χ0) is 15.5. The minimum Gasteiger partial charge on any atom is -0.496 e. The third kappa shape index (κ3) is 2.85. The molecule has 0 aromatic heterocycles. The Morgan fingerprint density at radius 2 is 1.32 bits per heavy atom. The predicted octanol–water partition coefficient (Wildman–Crippen LogP) is 5.54. The number of rotatable bonds is 3. The number of allylic oxidation sites excluding steroid dienone is 3. The van der Waals surface area contributed by atoms with Crippen LogP contribution in [0.4, 0.5) is 0 Å². The van der Waals surface area contributed by atoms with Crippen LogP contribution in [0.2, 0.25) is 0 Å². The summed E-state index contributed by atoms with van der Waals surface area (Å²) >= 11 is 0. The first-order valence-corrected chi connectivity index (χ1v) is 7.81. The van der Waals surface area contributed by atoms with E-state index in [4.69, 9.17) is 4.74 Å². The molecule has 0 saturated heterocycles. The molecule has 2 aromatic rings. The molecule has 3 rings (SSSR count). The summed E-state index contributed by atoms with van der Waals surface area (Å²) in [6, 6.07) is 17.4. The highest BCUT2D eigenvalue weighted by Crippen LogP contribution is 2.37. The fourth-order valence-electron chi connectivity index (χ4n) is 2.98. The molecule has 0 N–H and O–H groups in total. The van der Waals surface area contributed by atoms with E-state index in [0.717, 1.165) is 18.6 Å². The molecule has 1 heteroatoms. The second-order valence-corrected chi connectivity index (χ2v) is 5.90. The van der Waals surface area contributed by atoms with Gasteiger partial charge in [0.15, 0.2) is 0 Å². The molecule has 0 radical (unpaired) electrons. The highest BCUT2D eigenvalue weighted by Gasteiger charge is 2.19. The molecule has 1 aliphatic rings. The van der Waals surface area contributed by atoms with Gasteiger partial charge in [0.25, 0.3) is 0 Å². The van der Waals surface area contributed by atoms with Crippen LogP contribution in [-0.2, 0) is 4.74 Å². The van der Waals surface area contributed by atoms with Crippen molar-refractivity contribution < 1.29 is 4.74 Å². The molecule has 1 aliphatic carbocycles. The van der Waals surface area contributed by atoms with Gasteiger partial charge in [-0.1, -0.05) is 65.7 Å². The Balaban J connectivity index is 2.06. The van der Waals surface area contributed by atoms with Gasteiger partial charge in [0.1, 0.15) is 5.76 Å². The van der Waals surface area contributed by atoms with E-state index in [1.165, 1.54) is 33.4 Å². The van der Waals surface area contributed by atoms with Gasteiger partial charge in [-0.2, -0.15) is 0 Å². The lowest BCUT2D eigenvalue weighted by molar-refractivity contribution is 0.311. The monoisotopic (exact) mass is 290 g/mol. The number of hydrogen-bond donors (Lipinski definition) is 0. The Kier molecular flexibility index (Phi) is 4.15. The Bertz CT molecular complexity index is 716. The Morgan fingerprint density at radius 1 is 0.773 bits per heavy atom. The first kappa shape index (κ1) is 14.6. The van der Waals surface area contributed by atoms with Gasteiger partial charge in [0.2, 0.25) is 0 Å². The van der Waals surface area contributed by atoms with Crippen molar-refractivity contribution in [2.75, 3.05) is 7.11 Å². The average molecular weight is 290 g/mol. The highest BCUT2D eigenvalue weighted by molar-refractivity contribution is 5.89. The van der Waals surface area contributed by atoms with Crippen LogP contribution in [-0.4, -0.2) is 7.11 Å². The van der Waals surface area contributed by atoms with Gasteiger partial charge in [-0.3, -0.25) is 0 Å². The number of aryl methyl sites for hydroxylation is 2. The van der Waals surface area contributed by atoms with Crippen LogP contribution >= 0.6 is 0 Å². The molecule has 0 fully saturated rings. The second kappa shape index (κ2) is 6.23. The maximum Gasteiger partial charge on any atom is 0.130 e. The van der Waals surface area contributed by atoms with Gasteiger partial charge in [0.05, 0.1) is 7.11 Å². The van der Waals surface area contributed by atoms with Crippen LogP contribution in [0, 0.1) is 13.8 Å². The molecular weight excluding hydrogens is 268 g/mol. The Hall–Kier alpha value is -2.28. The molecular formula is C21H22O. The molecule has 0 bridgehead atoms. The molecule has 112 valence electrons. The van der Waals surface area contributed by atoms with Crippen LogP contribution in [0.5, 0.6) is 0 Å². The van der Waals surface area contributed by atoms with Crippen molar-refractivity contribution >= 4 is 11.1 Å². The second-order valence-electron chi connectivity index (χ2n) is 5.90.